The molecule has 1 rings (SSSR count). The van der Waals surface area contributed by atoms with Crippen molar-refractivity contribution in [3.05, 3.63) is 18.1 Å². The Bertz CT molecular complexity index is 301. The van der Waals surface area contributed by atoms with Gasteiger partial charge < -0.3 is 18.8 Å². The van der Waals surface area contributed by atoms with Crippen molar-refractivity contribution >= 4 is 5.69 Å². The fraction of sp³-hybridized carbons (Fsp3) is 0.692. The average Bonchev–Trinajstić information content (AvgIpc) is 2.80. The Morgan fingerprint density at radius 3 is 2.18 bits per heavy atom. The van der Waals surface area contributed by atoms with Crippen LogP contribution in [-0.2, 0) is 9.47 Å². The summed E-state index contributed by atoms with van der Waals surface area (Å²) in [6, 6.07) is 1.99. The third-order valence-corrected chi connectivity index (χ3v) is 2.60. The summed E-state index contributed by atoms with van der Waals surface area (Å²) in [7, 11) is 0. The van der Waals surface area contributed by atoms with Crippen molar-refractivity contribution in [2.45, 2.75) is 34.0 Å². The number of furan rings is 1. The first-order valence-electron chi connectivity index (χ1n) is 6.33. The quantitative estimate of drug-likeness (QED) is 0.655. The molecule has 0 saturated carbocycles. The van der Waals surface area contributed by atoms with Gasteiger partial charge in [-0.3, -0.25) is 0 Å². The van der Waals surface area contributed by atoms with Crippen molar-refractivity contribution in [2.75, 3.05) is 31.2 Å². The van der Waals surface area contributed by atoms with E-state index in [4.69, 9.17) is 13.9 Å². The minimum atomic E-state index is -0.394. The first-order valence-corrected chi connectivity index (χ1v) is 6.33. The molecule has 0 fully saturated rings. The van der Waals surface area contributed by atoms with E-state index in [2.05, 4.69) is 18.7 Å². The van der Waals surface area contributed by atoms with Crippen LogP contribution >= 0.6 is 0 Å². The number of ether oxygens (including phenoxy) is 2. The monoisotopic (exact) mass is 241 g/mol. The molecule has 0 aliphatic heterocycles. The van der Waals surface area contributed by atoms with E-state index in [9.17, 15) is 0 Å². The Morgan fingerprint density at radius 2 is 1.71 bits per heavy atom. The smallest absolute Gasteiger partial charge is 0.217 e. The molecule has 4 nitrogen and oxygen atoms in total. The van der Waals surface area contributed by atoms with E-state index in [1.165, 1.54) is 0 Å². The van der Waals surface area contributed by atoms with Crippen molar-refractivity contribution in [3.63, 3.8) is 0 Å². The fourth-order valence-corrected chi connectivity index (χ4v) is 1.74. The molecule has 0 atom stereocenters. The molecule has 98 valence electrons. The molecule has 1 aromatic rings. The van der Waals surface area contributed by atoms with Gasteiger partial charge in [0.25, 0.3) is 0 Å². The SMILES string of the molecule is CCOC(OCC)c1cc(N(CC)CC)co1. The minimum Gasteiger partial charge on any atom is -0.462 e. The second-order valence-corrected chi connectivity index (χ2v) is 3.62. The lowest BCUT2D eigenvalue weighted by atomic mass is 10.3. The molecule has 0 aromatic carbocycles. The standard InChI is InChI=1S/C13H23NO3/c1-5-14(6-2)11-9-12(17-10-11)13(15-7-3)16-8-4/h9-10,13H,5-8H2,1-4H3. The van der Waals surface area contributed by atoms with Gasteiger partial charge in [-0.1, -0.05) is 0 Å². The maximum Gasteiger partial charge on any atom is 0.217 e. The van der Waals surface area contributed by atoms with E-state index < -0.39 is 6.29 Å². The van der Waals surface area contributed by atoms with Crippen molar-refractivity contribution in [2.24, 2.45) is 0 Å². The number of nitrogens with zero attached hydrogens (tertiary/aromatic N) is 1. The summed E-state index contributed by atoms with van der Waals surface area (Å²) in [5.74, 6) is 0.732. The van der Waals surface area contributed by atoms with E-state index in [0.29, 0.717) is 13.2 Å². The van der Waals surface area contributed by atoms with E-state index in [1.807, 2.05) is 19.9 Å². The molecule has 0 aliphatic rings. The zero-order chi connectivity index (χ0) is 12.7. The average molecular weight is 241 g/mol. The molecule has 17 heavy (non-hydrogen) atoms. The van der Waals surface area contributed by atoms with Gasteiger partial charge in [0.1, 0.15) is 6.26 Å². The molecule has 1 heterocycles. The summed E-state index contributed by atoms with van der Waals surface area (Å²) in [6.45, 7) is 11.3. The van der Waals surface area contributed by atoms with Gasteiger partial charge in [-0.2, -0.15) is 0 Å². The molecule has 0 radical (unpaired) electrons. The van der Waals surface area contributed by atoms with Crippen LogP contribution in [0.5, 0.6) is 0 Å². The molecule has 0 bridgehead atoms. The fourth-order valence-electron chi connectivity index (χ4n) is 1.74. The van der Waals surface area contributed by atoms with Gasteiger partial charge in [-0.15, -0.1) is 0 Å². The van der Waals surface area contributed by atoms with Gasteiger partial charge in [0.05, 0.1) is 5.69 Å². The minimum absolute atomic E-state index is 0.394. The summed E-state index contributed by atoms with van der Waals surface area (Å²) >= 11 is 0. The highest BCUT2D eigenvalue weighted by atomic mass is 16.7. The summed E-state index contributed by atoms with van der Waals surface area (Å²) in [6.07, 6.45) is 1.36. The van der Waals surface area contributed by atoms with Gasteiger partial charge in [-0.05, 0) is 27.7 Å². The third-order valence-electron chi connectivity index (χ3n) is 2.60. The molecular formula is C13H23NO3. The number of anilines is 1. The lowest BCUT2D eigenvalue weighted by Crippen LogP contribution is -2.21. The van der Waals surface area contributed by atoms with Gasteiger partial charge in [0, 0.05) is 32.4 Å². The molecule has 0 saturated heterocycles. The highest BCUT2D eigenvalue weighted by Crippen LogP contribution is 2.26. The zero-order valence-electron chi connectivity index (χ0n) is 11.2. The van der Waals surface area contributed by atoms with Crippen molar-refractivity contribution < 1.29 is 13.9 Å². The second-order valence-electron chi connectivity index (χ2n) is 3.62. The topological polar surface area (TPSA) is 34.8 Å². The lowest BCUT2D eigenvalue weighted by Gasteiger charge is -2.18. The molecule has 0 spiro atoms. The van der Waals surface area contributed by atoms with E-state index in [1.54, 1.807) is 6.26 Å². The van der Waals surface area contributed by atoms with E-state index >= 15 is 0 Å². The van der Waals surface area contributed by atoms with Gasteiger partial charge in [-0.25, -0.2) is 0 Å². The molecular weight excluding hydrogens is 218 g/mol. The van der Waals surface area contributed by atoms with Gasteiger partial charge in [0.2, 0.25) is 6.29 Å². The van der Waals surface area contributed by atoms with Gasteiger partial charge in [0.15, 0.2) is 5.76 Å². The highest BCUT2D eigenvalue weighted by molar-refractivity contribution is 5.44. The summed E-state index contributed by atoms with van der Waals surface area (Å²) in [5.41, 5.74) is 1.08. The maximum absolute atomic E-state index is 5.52. The Kier molecular flexibility index (Phi) is 6.08. The molecule has 0 amide bonds. The number of rotatable bonds is 8. The second kappa shape index (κ2) is 7.35. The summed E-state index contributed by atoms with van der Waals surface area (Å²) < 4.78 is 16.5. The summed E-state index contributed by atoms with van der Waals surface area (Å²) in [5, 5.41) is 0. The van der Waals surface area contributed by atoms with Crippen LogP contribution in [-0.4, -0.2) is 26.3 Å². The van der Waals surface area contributed by atoms with Crippen molar-refractivity contribution in [1.29, 1.82) is 0 Å². The Hall–Kier alpha value is -1.00. The van der Waals surface area contributed by atoms with Crippen LogP contribution < -0.4 is 4.90 Å². The molecule has 0 unspecified atom stereocenters. The Balaban J connectivity index is 2.76. The lowest BCUT2D eigenvalue weighted by molar-refractivity contribution is -0.150. The normalized spacial score (nSPS) is 11.1. The third kappa shape index (κ3) is 3.75. The van der Waals surface area contributed by atoms with Crippen LogP contribution in [0.1, 0.15) is 39.7 Å². The predicted octanol–water partition coefficient (Wildman–Crippen LogP) is 3.20. The molecule has 0 aliphatic carbocycles. The van der Waals surface area contributed by atoms with E-state index in [0.717, 1.165) is 24.5 Å². The van der Waals surface area contributed by atoms with Crippen LogP contribution in [0.4, 0.5) is 5.69 Å². The number of hydrogen-bond donors (Lipinski definition) is 0. The van der Waals surface area contributed by atoms with Crippen LogP contribution in [0, 0.1) is 0 Å². The highest BCUT2D eigenvalue weighted by Gasteiger charge is 2.17. The molecule has 4 heteroatoms. The molecule has 0 N–H and O–H groups in total. The molecule has 1 aromatic heterocycles. The van der Waals surface area contributed by atoms with E-state index in [-0.39, 0.29) is 0 Å². The first kappa shape index (κ1) is 14.1. The van der Waals surface area contributed by atoms with Crippen LogP contribution in [0.25, 0.3) is 0 Å². The zero-order valence-corrected chi connectivity index (χ0v) is 11.2. The largest absolute Gasteiger partial charge is 0.462 e. The summed E-state index contributed by atoms with van der Waals surface area (Å²) in [4.78, 5) is 2.22. The predicted molar refractivity (Wildman–Crippen MR) is 68.3 cm³/mol. The van der Waals surface area contributed by atoms with Crippen molar-refractivity contribution in [3.8, 4) is 0 Å². The van der Waals surface area contributed by atoms with Crippen LogP contribution in [0.15, 0.2) is 16.7 Å². The maximum atomic E-state index is 5.52. The van der Waals surface area contributed by atoms with Crippen LogP contribution in [0.3, 0.4) is 0 Å². The van der Waals surface area contributed by atoms with Crippen LogP contribution in [0.2, 0.25) is 0 Å². The first-order chi connectivity index (χ1) is 8.26. The Morgan fingerprint density at radius 1 is 1.12 bits per heavy atom. The van der Waals surface area contributed by atoms with Gasteiger partial charge >= 0.3 is 0 Å². The Labute approximate surface area is 103 Å². The van der Waals surface area contributed by atoms with Crippen molar-refractivity contribution in [1.82, 2.24) is 0 Å². The number of hydrogen-bond acceptors (Lipinski definition) is 4.